The molecule has 2 rings (SSSR count). The first-order chi connectivity index (χ1) is 12.1. The zero-order valence-corrected chi connectivity index (χ0v) is 14.8. The van der Waals surface area contributed by atoms with Gasteiger partial charge in [-0.3, -0.25) is 0 Å². The second-order valence-corrected chi connectivity index (χ2v) is 6.62. The van der Waals surface area contributed by atoms with Crippen molar-refractivity contribution >= 4 is 12.1 Å². The fourth-order valence-corrected chi connectivity index (χ4v) is 3.22. The summed E-state index contributed by atoms with van der Waals surface area (Å²) in [7, 11) is 0. The van der Waals surface area contributed by atoms with Crippen molar-refractivity contribution in [3.63, 3.8) is 0 Å². The lowest BCUT2D eigenvalue weighted by Crippen LogP contribution is -2.44. The maximum atomic E-state index is 11.9. The standard InChI is InChI=1S/C19H28N2O4/c1-2-10-21-11-8-15(9-12-21)13-17(18(22)23)20-19(24)25-14-16-6-4-3-5-7-16/h3-7,15,17H,2,8-14H2,1H3,(H,20,24)(H,22,23). The maximum Gasteiger partial charge on any atom is 0.408 e. The average Bonchev–Trinajstić information content (AvgIpc) is 2.62. The van der Waals surface area contributed by atoms with E-state index in [0.29, 0.717) is 12.3 Å². The van der Waals surface area contributed by atoms with Crippen LogP contribution in [0.2, 0.25) is 0 Å². The third-order valence-corrected chi connectivity index (χ3v) is 4.62. The fraction of sp³-hybridized carbons (Fsp3) is 0.579. The monoisotopic (exact) mass is 348 g/mol. The molecule has 0 aromatic heterocycles. The molecule has 1 unspecified atom stereocenters. The molecule has 6 heteroatoms. The van der Waals surface area contributed by atoms with Crippen LogP contribution in [0.4, 0.5) is 4.79 Å². The molecule has 1 amide bonds. The zero-order chi connectivity index (χ0) is 18.1. The normalized spacial score (nSPS) is 17.0. The van der Waals surface area contributed by atoms with E-state index < -0.39 is 18.1 Å². The molecule has 1 aromatic rings. The Morgan fingerprint density at radius 2 is 1.96 bits per heavy atom. The zero-order valence-electron chi connectivity index (χ0n) is 14.8. The number of nitrogens with zero attached hydrogens (tertiary/aromatic N) is 1. The summed E-state index contributed by atoms with van der Waals surface area (Å²) in [4.78, 5) is 25.8. The van der Waals surface area contributed by atoms with Crippen molar-refractivity contribution in [2.75, 3.05) is 19.6 Å². The highest BCUT2D eigenvalue weighted by atomic mass is 16.5. The quantitative estimate of drug-likeness (QED) is 0.755. The summed E-state index contributed by atoms with van der Waals surface area (Å²) in [5.41, 5.74) is 0.868. The van der Waals surface area contributed by atoms with Crippen molar-refractivity contribution in [1.29, 1.82) is 0 Å². The lowest BCUT2D eigenvalue weighted by Gasteiger charge is -2.32. The number of amides is 1. The van der Waals surface area contributed by atoms with Crippen LogP contribution in [-0.2, 0) is 16.1 Å². The van der Waals surface area contributed by atoms with Gasteiger partial charge in [0.15, 0.2) is 0 Å². The Balaban J connectivity index is 1.76. The third kappa shape index (κ3) is 6.74. The smallest absolute Gasteiger partial charge is 0.408 e. The molecule has 0 bridgehead atoms. The minimum absolute atomic E-state index is 0.133. The number of ether oxygens (including phenoxy) is 1. The molecule has 1 aliphatic rings. The van der Waals surface area contributed by atoms with Gasteiger partial charge in [0.05, 0.1) is 0 Å². The Labute approximate surface area is 149 Å². The van der Waals surface area contributed by atoms with E-state index in [-0.39, 0.29) is 6.61 Å². The molecule has 0 radical (unpaired) electrons. The number of hydrogen-bond acceptors (Lipinski definition) is 4. The van der Waals surface area contributed by atoms with E-state index >= 15 is 0 Å². The molecule has 6 nitrogen and oxygen atoms in total. The van der Waals surface area contributed by atoms with Crippen molar-refractivity contribution < 1.29 is 19.4 Å². The van der Waals surface area contributed by atoms with Crippen LogP contribution in [0.5, 0.6) is 0 Å². The summed E-state index contributed by atoms with van der Waals surface area (Å²) < 4.78 is 5.13. The van der Waals surface area contributed by atoms with Crippen molar-refractivity contribution in [2.24, 2.45) is 5.92 Å². The van der Waals surface area contributed by atoms with Crippen molar-refractivity contribution in [3.8, 4) is 0 Å². The van der Waals surface area contributed by atoms with E-state index in [1.165, 1.54) is 0 Å². The molecule has 0 aliphatic carbocycles. The largest absolute Gasteiger partial charge is 0.480 e. The number of rotatable bonds is 8. The first kappa shape index (κ1) is 19.2. The minimum Gasteiger partial charge on any atom is -0.480 e. The number of aliphatic carboxylic acids is 1. The summed E-state index contributed by atoms with van der Waals surface area (Å²) in [6.07, 6.45) is 2.86. The highest BCUT2D eigenvalue weighted by molar-refractivity contribution is 5.79. The predicted octanol–water partition coefficient (Wildman–Crippen LogP) is 2.88. The Bertz CT molecular complexity index is 542. The van der Waals surface area contributed by atoms with E-state index in [1.807, 2.05) is 30.3 Å². The Hall–Kier alpha value is -2.08. The van der Waals surface area contributed by atoms with Gasteiger partial charge in [-0.1, -0.05) is 37.3 Å². The minimum atomic E-state index is -1.01. The number of nitrogens with one attached hydrogen (secondary N) is 1. The number of benzene rings is 1. The van der Waals surface area contributed by atoms with Gasteiger partial charge in [-0.15, -0.1) is 0 Å². The van der Waals surface area contributed by atoms with Gasteiger partial charge in [0, 0.05) is 0 Å². The molecular weight excluding hydrogens is 320 g/mol. The van der Waals surface area contributed by atoms with Crippen LogP contribution < -0.4 is 5.32 Å². The summed E-state index contributed by atoms with van der Waals surface area (Å²) in [6.45, 7) is 5.40. The predicted molar refractivity (Wildman–Crippen MR) is 95.3 cm³/mol. The van der Waals surface area contributed by atoms with Gasteiger partial charge in [-0.05, 0) is 56.8 Å². The Kier molecular flexibility index (Phi) is 7.73. The molecule has 25 heavy (non-hydrogen) atoms. The van der Waals surface area contributed by atoms with E-state index in [9.17, 15) is 14.7 Å². The maximum absolute atomic E-state index is 11.9. The van der Waals surface area contributed by atoms with Crippen molar-refractivity contribution in [2.45, 2.75) is 45.3 Å². The molecule has 1 aliphatic heterocycles. The number of carboxylic acids is 1. The average molecular weight is 348 g/mol. The fourth-order valence-electron chi connectivity index (χ4n) is 3.22. The number of carbonyl (C=O) groups excluding carboxylic acids is 1. The van der Waals surface area contributed by atoms with Gasteiger partial charge in [0.1, 0.15) is 12.6 Å². The molecule has 1 aromatic carbocycles. The highest BCUT2D eigenvalue weighted by Gasteiger charge is 2.27. The number of hydrogen-bond donors (Lipinski definition) is 2. The third-order valence-electron chi connectivity index (χ3n) is 4.62. The van der Waals surface area contributed by atoms with Gasteiger partial charge in [-0.2, -0.15) is 0 Å². The van der Waals surface area contributed by atoms with Crippen LogP contribution in [0.15, 0.2) is 30.3 Å². The first-order valence-electron chi connectivity index (χ1n) is 9.01. The molecule has 0 saturated carbocycles. The van der Waals surface area contributed by atoms with Crippen LogP contribution in [0.25, 0.3) is 0 Å². The van der Waals surface area contributed by atoms with E-state index in [0.717, 1.165) is 44.5 Å². The van der Waals surface area contributed by atoms with E-state index in [1.54, 1.807) is 0 Å². The summed E-state index contributed by atoms with van der Waals surface area (Å²) in [5.74, 6) is -0.684. The van der Waals surface area contributed by atoms with Crippen LogP contribution in [0.3, 0.4) is 0 Å². The van der Waals surface area contributed by atoms with Crippen molar-refractivity contribution in [3.05, 3.63) is 35.9 Å². The molecule has 2 N–H and O–H groups in total. The molecule has 1 saturated heterocycles. The van der Waals surface area contributed by atoms with Crippen LogP contribution in [-0.4, -0.2) is 47.7 Å². The van der Waals surface area contributed by atoms with Gasteiger partial charge in [0.2, 0.25) is 0 Å². The number of carboxylic acid groups (broad SMARTS) is 1. The SMILES string of the molecule is CCCN1CCC(CC(NC(=O)OCc2ccccc2)C(=O)O)CC1. The van der Waals surface area contributed by atoms with Gasteiger partial charge < -0.3 is 20.1 Å². The lowest BCUT2D eigenvalue weighted by molar-refractivity contribution is -0.140. The summed E-state index contributed by atoms with van der Waals surface area (Å²) in [6, 6.07) is 8.42. The summed E-state index contributed by atoms with van der Waals surface area (Å²) >= 11 is 0. The first-order valence-corrected chi connectivity index (χ1v) is 9.01. The summed E-state index contributed by atoms with van der Waals surface area (Å²) in [5, 5.41) is 11.9. The number of likely N-dealkylation sites (tertiary alicyclic amines) is 1. The van der Waals surface area contributed by atoms with Gasteiger partial charge in [-0.25, -0.2) is 9.59 Å². The molecule has 138 valence electrons. The van der Waals surface area contributed by atoms with E-state index in [4.69, 9.17) is 4.74 Å². The second kappa shape index (κ2) is 10.0. The topological polar surface area (TPSA) is 78.9 Å². The van der Waals surface area contributed by atoms with Crippen LogP contribution in [0, 0.1) is 5.92 Å². The molecule has 1 atom stereocenters. The number of carbonyl (C=O) groups is 2. The van der Waals surface area contributed by atoms with E-state index in [2.05, 4.69) is 17.1 Å². The molecule has 1 fully saturated rings. The van der Waals surface area contributed by atoms with Gasteiger partial charge >= 0.3 is 12.1 Å². The Morgan fingerprint density at radius 3 is 2.56 bits per heavy atom. The molecular formula is C19H28N2O4. The molecule has 0 spiro atoms. The number of alkyl carbamates (subject to hydrolysis) is 1. The second-order valence-electron chi connectivity index (χ2n) is 6.62. The van der Waals surface area contributed by atoms with Gasteiger partial charge in [0.25, 0.3) is 0 Å². The number of piperidine rings is 1. The van der Waals surface area contributed by atoms with Crippen LogP contribution in [0.1, 0.15) is 38.2 Å². The van der Waals surface area contributed by atoms with Crippen molar-refractivity contribution in [1.82, 2.24) is 10.2 Å². The lowest BCUT2D eigenvalue weighted by atomic mass is 9.90. The van der Waals surface area contributed by atoms with Crippen LogP contribution >= 0.6 is 0 Å². The molecule has 1 heterocycles. The Morgan fingerprint density at radius 1 is 1.28 bits per heavy atom. The highest BCUT2D eigenvalue weighted by Crippen LogP contribution is 2.22.